The average Bonchev–Trinajstić information content (AvgIpc) is 2.87. The van der Waals surface area contributed by atoms with Gasteiger partial charge in [0.05, 0.1) is 24.6 Å². The molecule has 3 rings (SSSR count). The van der Waals surface area contributed by atoms with E-state index in [0.717, 1.165) is 11.4 Å². The summed E-state index contributed by atoms with van der Waals surface area (Å²) < 4.78 is 39.6. The highest BCUT2D eigenvalue weighted by Crippen LogP contribution is 2.22. The van der Waals surface area contributed by atoms with Gasteiger partial charge in [-0.3, -0.25) is 9.88 Å². The minimum Gasteiger partial charge on any atom is -0.352 e. The first-order valence-corrected chi connectivity index (χ1v) is 8.14. The first-order chi connectivity index (χ1) is 11.7. The highest BCUT2D eigenvalue weighted by atomic mass is 19.4. The van der Waals surface area contributed by atoms with Gasteiger partial charge in [-0.1, -0.05) is 0 Å². The molecule has 2 aromatic rings. The molecule has 1 fully saturated rings. The van der Waals surface area contributed by atoms with E-state index in [2.05, 4.69) is 15.1 Å². The molecule has 0 bridgehead atoms. The predicted octanol–water partition coefficient (Wildman–Crippen LogP) is 2.35. The van der Waals surface area contributed by atoms with Crippen LogP contribution in [-0.2, 0) is 0 Å². The summed E-state index contributed by atoms with van der Waals surface area (Å²) in [6.45, 7) is 6.07. The van der Waals surface area contributed by atoms with Crippen LogP contribution in [0.2, 0.25) is 0 Å². The van der Waals surface area contributed by atoms with E-state index in [1.165, 1.54) is 4.90 Å². The van der Waals surface area contributed by atoms with Crippen LogP contribution in [0.4, 0.5) is 19.0 Å². The van der Waals surface area contributed by atoms with E-state index in [4.69, 9.17) is 0 Å². The molecule has 2 aromatic heterocycles. The number of hydrogen-bond donors (Lipinski definition) is 0. The van der Waals surface area contributed by atoms with E-state index in [0.29, 0.717) is 31.3 Å². The summed E-state index contributed by atoms with van der Waals surface area (Å²) in [6.07, 6.45) is -0.904. The molecule has 0 spiro atoms. The highest BCUT2D eigenvalue weighted by molar-refractivity contribution is 5.40. The average molecular weight is 354 g/mol. The Bertz CT molecular complexity index is 742. The van der Waals surface area contributed by atoms with Crippen LogP contribution in [0, 0.1) is 13.8 Å². The standard InChI is InChI=1S/C16H21F3N6/c1-11-6-12(2)25(22-11)15-8-20-7-14(21-15)23-4-5-24(13(3)9-23)10-16(17,18)19/h6-8,13H,4-5,9-10H2,1-3H3. The Morgan fingerprint density at radius 1 is 1.16 bits per heavy atom. The monoisotopic (exact) mass is 354 g/mol. The summed E-state index contributed by atoms with van der Waals surface area (Å²) in [5.74, 6) is 1.26. The third kappa shape index (κ3) is 4.09. The molecule has 3 heterocycles. The fraction of sp³-hybridized carbons (Fsp3) is 0.562. The van der Waals surface area contributed by atoms with Crippen LogP contribution in [0.1, 0.15) is 18.3 Å². The van der Waals surface area contributed by atoms with E-state index < -0.39 is 12.7 Å². The van der Waals surface area contributed by atoms with Gasteiger partial charge in [-0.15, -0.1) is 0 Å². The lowest BCUT2D eigenvalue weighted by Gasteiger charge is -2.40. The number of piperazine rings is 1. The third-order valence-corrected chi connectivity index (χ3v) is 4.31. The number of aryl methyl sites for hydroxylation is 2. The molecule has 0 aliphatic carbocycles. The molecule has 0 N–H and O–H groups in total. The van der Waals surface area contributed by atoms with Crippen molar-refractivity contribution >= 4 is 5.82 Å². The maximum atomic E-state index is 12.6. The zero-order valence-corrected chi connectivity index (χ0v) is 14.5. The second-order valence-electron chi connectivity index (χ2n) is 6.46. The van der Waals surface area contributed by atoms with Gasteiger partial charge in [0.1, 0.15) is 5.82 Å². The van der Waals surface area contributed by atoms with Gasteiger partial charge in [-0.05, 0) is 26.8 Å². The molecule has 136 valence electrons. The topological polar surface area (TPSA) is 50.1 Å². The first kappa shape index (κ1) is 17.7. The van der Waals surface area contributed by atoms with Crippen LogP contribution in [0.15, 0.2) is 18.5 Å². The van der Waals surface area contributed by atoms with Gasteiger partial charge in [-0.2, -0.15) is 18.3 Å². The lowest BCUT2D eigenvalue weighted by molar-refractivity contribution is -0.150. The summed E-state index contributed by atoms with van der Waals surface area (Å²) >= 11 is 0. The number of aromatic nitrogens is 4. The molecule has 1 aliphatic heterocycles. The highest BCUT2D eigenvalue weighted by Gasteiger charge is 2.35. The lowest BCUT2D eigenvalue weighted by atomic mass is 10.2. The number of halogens is 3. The van der Waals surface area contributed by atoms with Gasteiger partial charge in [0.15, 0.2) is 5.82 Å². The van der Waals surface area contributed by atoms with Crippen molar-refractivity contribution in [1.29, 1.82) is 0 Å². The van der Waals surface area contributed by atoms with Crippen molar-refractivity contribution in [2.24, 2.45) is 0 Å². The second-order valence-corrected chi connectivity index (χ2v) is 6.46. The van der Waals surface area contributed by atoms with Gasteiger partial charge >= 0.3 is 6.18 Å². The summed E-state index contributed by atoms with van der Waals surface area (Å²) in [5.41, 5.74) is 1.84. The summed E-state index contributed by atoms with van der Waals surface area (Å²) in [6, 6.07) is 1.74. The van der Waals surface area contributed by atoms with Gasteiger partial charge in [0.2, 0.25) is 0 Å². The Morgan fingerprint density at radius 2 is 1.88 bits per heavy atom. The number of hydrogen-bond acceptors (Lipinski definition) is 5. The largest absolute Gasteiger partial charge is 0.401 e. The summed E-state index contributed by atoms with van der Waals surface area (Å²) in [4.78, 5) is 12.3. The second kappa shape index (κ2) is 6.62. The fourth-order valence-corrected chi connectivity index (χ4v) is 3.13. The van der Waals surface area contributed by atoms with Crippen LogP contribution in [0.3, 0.4) is 0 Å². The molecular weight excluding hydrogens is 333 g/mol. The van der Waals surface area contributed by atoms with Crippen LogP contribution >= 0.6 is 0 Å². The molecule has 9 heteroatoms. The number of nitrogens with zero attached hydrogens (tertiary/aromatic N) is 6. The summed E-state index contributed by atoms with van der Waals surface area (Å²) in [5, 5.41) is 4.40. The van der Waals surface area contributed by atoms with Crippen LogP contribution in [0.25, 0.3) is 5.82 Å². The fourth-order valence-electron chi connectivity index (χ4n) is 3.13. The normalized spacial score (nSPS) is 19.4. The molecule has 0 radical (unpaired) electrons. The molecule has 0 aromatic carbocycles. The predicted molar refractivity (Wildman–Crippen MR) is 87.9 cm³/mol. The van der Waals surface area contributed by atoms with E-state index >= 15 is 0 Å². The lowest BCUT2D eigenvalue weighted by Crippen LogP contribution is -2.54. The van der Waals surface area contributed by atoms with Crippen molar-refractivity contribution in [3.05, 3.63) is 29.8 Å². The maximum absolute atomic E-state index is 12.6. The molecule has 25 heavy (non-hydrogen) atoms. The molecule has 0 amide bonds. The van der Waals surface area contributed by atoms with Crippen LogP contribution in [0.5, 0.6) is 0 Å². The molecule has 6 nitrogen and oxygen atoms in total. The SMILES string of the molecule is Cc1cc(C)n(-c2cncc(N3CCN(CC(F)(F)F)C(C)C3)n2)n1. The maximum Gasteiger partial charge on any atom is 0.401 e. The van der Waals surface area contributed by atoms with E-state index in [1.807, 2.05) is 24.8 Å². The number of rotatable bonds is 3. The smallest absolute Gasteiger partial charge is 0.352 e. The van der Waals surface area contributed by atoms with Crippen molar-refractivity contribution in [3.63, 3.8) is 0 Å². The first-order valence-electron chi connectivity index (χ1n) is 8.14. The van der Waals surface area contributed by atoms with Crippen molar-refractivity contribution in [2.75, 3.05) is 31.1 Å². The van der Waals surface area contributed by atoms with Crippen molar-refractivity contribution in [1.82, 2.24) is 24.6 Å². The minimum atomic E-state index is -4.17. The number of alkyl halides is 3. The van der Waals surface area contributed by atoms with E-state index in [9.17, 15) is 13.2 Å². The molecule has 1 saturated heterocycles. The number of anilines is 1. The third-order valence-electron chi connectivity index (χ3n) is 4.31. The summed E-state index contributed by atoms with van der Waals surface area (Å²) in [7, 11) is 0. The van der Waals surface area contributed by atoms with E-state index in [1.54, 1.807) is 24.0 Å². The Hall–Kier alpha value is -2.16. The Morgan fingerprint density at radius 3 is 2.48 bits per heavy atom. The van der Waals surface area contributed by atoms with Gasteiger partial charge in [0.25, 0.3) is 0 Å². The molecule has 1 aliphatic rings. The zero-order valence-electron chi connectivity index (χ0n) is 14.5. The quantitative estimate of drug-likeness (QED) is 0.847. The van der Waals surface area contributed by atoms with Gasteiger partial charge < -0.3 is 4.90 Å². The molecule has 1 unspecified atom stereocenters. The van der Waals surface area contributed by atoms with Crippen molar-refractivity contribution < 1.29 is 13.2 Å². The molecular formula is C16H21F3N6. The Labute approximate surface area is 144 Å². The Kier molecular flexibility index (Phi) is 4.68. The zero-order chi connectivity index (χ0) is 18.2. The van der Waals surface area contributed by atoms with Crippen molar-refractivity contribution in [2.45, 2.75) is 33.0 Å². The van der Waals surface area contributed by atoms with E-state index in [-0.39, 0.29) is 6.04 Å². The van der Waals surface area contributed by atoms with Crippen LogP contribution in [-0.4, -0.2) is 63.0 Å². The molecule has 1 atom stereocenters. The Balaban J connectivity index is 1.75. The van der Waals surface area contributed by atoms with Crippen LogP contribution < -0.4 is 4.90 Å². The van der Waals surface area contributed by atoms with Gasteiger partial charge in [-0.25, -0.2) is 9.67 Å². The van der Waals surface area contributed by atoms with Gasteiger partial charge in [0, 0.05) is 31.4 Å². The van der Waals surface area contributed by atoms with Crippen molar-refractivity contribution in [3.8, 4) is 5.82 Å². The molecule has 0 saturated carbocycles. The minimum absolute atomic E-state index is 0.213.